The average Bonchev–Trinajstić information content (AvgIpc) is 2.71. The van der Waals surface area contributed by atoms with E-state index in [4.69, 9.17) is 9.47 Å². The number of hydrogen-bond acceptors (Lipinski definition) is 6. The van der Waals surface area contributed by atoms with Gasteiger partial charge in [0.1, 0.15) is 11.2 Å². The lowest BCUT2D eigenvalue weighted by Crippen LogP contribution is -2.52. The Morgan fingerprint density at radius 1 is 0.625 bits per heavy atom. The van der Waals surface area contributed by atoms with Crippen molar-refractivity contribution in [2.45, 2.75) is 52.7 Å². The SMILES string of the molecule is CC(C)(C)OC(=O)N1CCN(c2ccccc2N2CCN(C(=O)OC(C)(C)C)CC2)CC1. The number of amides is 2. The molecule has 1 aromatic rings. The molecule has 2 aliphatic heterocycles. The molecule has 178 valence electrons. The van der Waals surface area contributed by atoms with Gasteiger partial charge in [0.25, 0.3) is 0 Å². The number of rotatable bonds is 2. The van der Waals surface area contributed by atoms with Crippen LogP contribution < -0.4 is 9.80 Å². The van der Waals surface area contributed by atoms with Crippen molar-refractivity contribution in [1.29, 1.82) is 0 Å². The Morgan fingerprint density at radius 2 is 0.938 bits per heavy atom. The summed E-state index contributed by atoms with van der Waals surface area (Å²) in [5.41, 5.74) is 1.37. The molecule has 2 aliphatic rings. The molecule has 0 aliphatic carbocycles. The van der Waals surface area contributed by atoms with Gasteiger partial charge < -0.3 is 29.1 Å². The topological polar surface area (TPSA) is 65.6 Å². The van der Waals surface area contributed by atoms with Crippen LogP contribution in [0.4, 0.5) is 21.0 Å². The Hall–Kier alpha value is -2.64. The third-order valence-electron chi connectivity index (χ3n) is 5.43. The first-order valence-corrected chi connectivity index (χ1v) is 11.5. The van der Waals surface area contributed by atoms with E-state index in [0.717, 1.165) is 26.2 Å². The molecule has 0 spiro atoms. The third kappa shape index (κ3) is 6.43. The second-order valence-corrected chi connectivity index (χ2v) is 10.4. The molecule has 8 heteroatoms. The summed E-state index contributed by atoms with van der Waals surface area (Å²) in [6, 6.07) is 8.38. The lowest BCUT2D eigenvalue weighted by Gasteiger charge is -2.41. The first-order chi connectivity index (χ1) is 14.9. The van der Waals surface area contributed by atoms with Gasteiger partial charge in [-0.3, -0.25) is 0 Å². The van der Waals surface area contributed by atoms with Crippen molar-refractivity contribution in [3.05, 3.63) is 24.3 Å². The van der Waals surface area contributed by atoms with Crippen LogP contribution >= 0.6 is 0 Å². The highest BCUT2D eigenvalue weighted by atomic mass is 16.6. The average molecular weight is 447 g/mol. The maximum atomic E-state index is 12.4. The summed E-state index contributed by atoms with van der Waals surface area (Å²) in [4.78, 5) is 33.0. The Balaban J connectivity index is 1.59. The number of benzene rings is 1. The van der Waals surface area contributed by atoms with Gasteiger partial charge in [0, 0.05) is 52.4 Å². The number of anilines is 2. The van der Waals surface area contributed by atoms with E-state index in [0.29, 0.717) is 26.2 Å². The molecule has 0 bridgehead atoms. The van der Waals surface area contributed by atoms with E-state index in [2.05, 4.69) is 34.1 Å². The van der Waals surface area contributed by atoms with Crippen molar-refractivity contribution in [1.82, 2.24) is 9.80 Å². The minimum atomic E-state index is -0.484. The monoisotopic (exact) mass is 446 g/mol. The van der Waals surface area contributed by atoms with Crippen molar-refractivity contribution in [2.24, 2.45) is 0 Å². The van der Waals surface area contributed by atoms with Crippen LogP contribution in [0.25, 0.3) is 0 Å². The van der Waals surface area contributed by atoms with Gasteiger partial charge in [-0.1, -0.05) is 12.1 Å². The molecular weight excluding hydrogens is 408 g/mol. The molecule has 2 heterocycles. The van der Waals surface area contributed by atoms with Crippen LogP contribution in [0.3, 0.4) is 0 Å². The smallest absolute Gasteiger partial charge is 0.410 e. The molecule has 32 heavy (non-hydrogen) atoms. The zero-order valence-corrected chi connectivity index (χ0v) is 20.4. The standard InChI is InChI=1S/C24H38N4O4/c1-23(2,3)31-21(29)27-15-11-25(12-16-27)19-9-7-8-10-20(19)26-13-17-28(18-14-26)22(30)32-24(4,5)6/h7-10H,11-18H2,1-6H3. The summed E-state index contributed by atoms with van der Waals surface area (Å²) >= 11 is 0. The van der Waals surface area contributed by atoms with Crippen molar-refractivity contribution in [2.75, 3.05) is 62.2 Å². The Kier molecular flexibility index (Phi) is 7.10. The number of piperazine rings is 2. The maximum Gasteiger partial charge on any atom is 0.410 e. The van der Waals surface area contributed by atoms with E-state index in [1.54, 1.807) is 9.80 Å². The number of hydrogen-bond donors (Lipinski definition) is 0. The highest BCUT2D eigenvalue weighted by molar-refractivity contribution is 5.74. The lowest BCUT2D eigenvalue weighted by atomic mass is 10.1. The van der Waals surface area contributed by atoms with Crippen LogP contribution in [0.2, 0.25) is 0 Å². The fraction of sp³-hybridized carbons (Fsp3) is 0.667. The van der Waals surface area contributed by atoms with Gasteiger partial charge in [-0.15, -0.1) is 0 Å². The minimum absolute atomic E-state index is 0.247. The van der Waals surface area contributed by atoms with Gasteiger partial charge in [-0.05, 0) is 53.7 Å². The van der Waals surface area contributed by atoms with E-state index in [1.807, 2.05) is 41.5 Å². The van der Waals surface area contributed by atoms with Gasteiger partial charge in [0.05, 0.1) is 11.4 Å². The van der Waals surface area contributed by atoms with Gasteiger partial charge in [-0.2, -0.15) is 0 Å². The van der Waals surface area contributed by atoms with E-state index in [-0.39, 0.29) is 12.2 Å². The molecule has 0 aromatic heterocycles. The second kappa shape index (κ2) is 9.46. The number of ether oxygens (including phenoxy) is 2. The Labute approximate surface area is 192 Å². The van der Waals surface area contributed by atoms with E-state index in [9.17, 15) is 9.59 Å². The Bertz CT molecular complexity index is 732. The first-order valence-electron chi connectivity index (χ1n) is 11.5. The molecule has 0 unspecified atom stereocenters. The highest BCUT2D eigenvalue weighted by Crippen LogP contribution is 2.31. The molecule has 2 saturated heterocycles. The van der Waals surface area contributed by atoms with Crippen molar-refractivity contribution < 1.29 is 19.1 Å². The molecular formula is C24H38N4O4. The predicted molar refractivity (Wildman–Crippen MR) is 126 cm³/mol. The zero-order valence-electron chi connectivity index (χ0n) is 20.4. The molecule has 2 fully saturated rings. The number of carbonyl (C=O) groups is 2. The van der Waals surface area contributed by atoms with Gasteiger partial charge in [0.15, 0.2) is 0 Å². The summed E-state index contributed by atoms with van der Waals surface area (Å²) in [5, 5.41) is 0. The molecule has 8 nitrogen and oxygen atoms in total. The number of nitrogens with zero attached hydrogens (tertiary/aromatic N) is 4. The Morgan fingerprint density at radius 3 is 1.22 bits per heavy atom. The normalized spacial score (nSPS) is 17.9. The quantitative estimate of drug-likeness (QED) is 0.689. The van der Waals surface area contributed by atoms with Crippen LogP contribution in [0.1, 0.15) is 41.5 Å². The van der Waals surface area contributed by atoms with E-state index < -0.39 is 11.2 Å². The molecule has 2 amide bonds. The van der Waals surface area contributed by atoms with E-state index in [1.165, 1.54) is 11.4 Å². The second-order valence-electron chi connectivity index (χ2n) is 10.4. The molecule has 0 atom stereocenters. The lowest BCUT2D eigenvalue weighted by molar-refractivity contribution is 0.0229. The van der Waals surface area contributed by atoms with Crippen molar-refractivity contribution in [3.8, 4) is 0 Å². The van der Waals surface area contributed by atoms with Crippen LogP contribution in [-0.2, 0) is 9.47 Å². The van der Waals surface area contributed by atoms with Crippen LogP contribution in [0.15, 0.2) is 24.3 Å². The highest BCUT2D eigenvalue weighted by Gasteiger charge is 2.29. The summed E-state index contributed by atoms with van der Waals surface area (Å²) in [6.07, 6.45) is -0.493. The fourth-order valence-corrected chi connectivity index (χ4v) is 3.91. The summed E-state index contributed by atoms with van der Waals surface area (Å²) in [6.45, 7) is 16.9. The summed E-state index contributed by atoms with van der Waals surface area (Å²) < 4.78 is 11.0. The molecule has 0 radical (unpaired) electrons. The predicted octanol–water partition coefficient (Wildman–Crippen LogP) is 3.80. The first kappa shape index (κ1) is 24.0. The zero-order chi connectivity index (χ0) is 23.5. The molecule has 3 rings (SSSR count). The van der Waals surface area contributed by atoms with Crippen LogP contribution in [0, 0.1) is 0 Å². The van der Waals surface area contributed by atoms with Crippen LogP contribution in [0.5, 0.6) is 0 Å². The van der Waals surface area contributed by atoms with Crippen LogP contribution in [-0.4, -0.2) is 85.5 Å². The van der Waals surface area contributed by atoms with E-state index >= 15 is 0 Å². The fourth-order valence-electron chi connectivity index (χ4n) is 3.91. The van der Waals surface area contributed by atoms with Gasteiger partial charge in [-0.25, -0.2) is 9.59 Å². The van der Waals surface area contributed by atoms with Gasteiger partial charge >= 0.3 is 12.2 Å². The molecule has 0 N–H and O–H groups in total. The molecule has 1 aromatic carbocycles. The largest absolute Gasteiger partial charge is 0.444 e. The van der Waals surface area contributed by atoms with Crippen molar-refractivity contribution >= 4 is 23.6 Å². The van der Waals surface area contributed by atoms with Crippen molar-refractivity contribution in [3.63, 3.8) is 0 Å². The maximum absolute atomic E-state index is 12.4. The molecule has 0 saturated carbocycles. The number of carbonyl (C=O) groups excluding carboxylic acids is 2. The summed E-state index contributed by atoms with van der Waals surface area (Å²) in [5.74, 6) is 0. The third-order valence-corrected chi connectivity index (χ3v) is 5.43. The summed E-state index contributed by atoms with van der Waals surface area (Å²) in [7, 11) is 0. The minimum Gasteiger partial charge on any atom is -0.444 e. The van der Waals surface area contributed by atoms with Gasteiger partial charge in [0.2, 0.25) is 0 Å². The number of para-hydroxylation sites is 2.